The van der Waals surface area contributed by atoms with Crippen LogP contribution in [0.5, 0.6) is 0 Å². The molecule has 1 aromatic carbocycles. The smallest absolute Gasteiger partial charge is 0.224 e. The van der Waals surface area contributed by atoms with Crippen LogP contribution < -0.4 is 11.1 Å². The van der Waals surface area contributed by atoms with E-state index in [2.05, 4.69) is 5.32 Å². The number of halogens is 2. The molecule has 5 heteroatoms. The van der Waals surface area contributed by atoms with Gasteiger partial charge in [0.2, 0.25) is 5.91 Å². The van der Waals surface area contributed by atoms with Gasteiger partial charge in [-0.15, -0.1) is 0 Å². The molecule has 104 valence electrons. The second kappa shape index (κ2) is 4.89. The van der Waals surface area contributed by atoms with Crippen molar-refractivity contribution in [1.29, 1.82) is 0 Å². The molecule has 1 aliphatic carbocycles. The molecule has 0 spiro atoms. The van der Waals surface area contributed by atoms with Gasteiger partial charge in [0, 0.05) is 18.7 Å². The average Bonchev–Trinajstić information content (AvgIpc) is 2.69. The fourth-order valence-electron chi connectivity index (χ4n) is 2.32. The molecular formula is C14H18F2N2O. The topological polar surface area (TPSA) is 55.1 Å². The highest BCUT2D eigenvalue weighted by molar-refractivity contribution is 5.80. The van der Waals surface area contributed by atoms with Crippen LogP contribution in [0.15, 0.2) is 12.1 Å². The van der Waals surface area contributed by atoms with Crippen molar-refractivity contribution in [3.05, 3.63) is 34.9 Å². The van der Waals surface area contributed by atoms with Gasteiger partial charge < -0.3 is 11.1 Å². The Morgan fingerprint density at radius 2 is 2.16 bits per heavy atom. The van der Waals surface area contributed by atoms with Crippen LogP contribution >= 0.6 is 0 Å². The number of primary amides is 1. The standard InChI is InChI=1S/C14H18F2N2O/c1-14(2,13(17)19)7-18-12-4-3-9-10(12)5-8(15)6-11(9)16/h5-6,12,18H,3-4,7H2,1-2H3,(H2,17,19)/t12-/m0/s1. The largest absolute Gasteiger partial charge is 0.369 e. The fraction of sp³-hybridized carbons (Fsp3) is 0.500. The van der Waals surface area contributed by atoms with Crippen molar-refractivity contribution in [1.82, 2.24) is 5.32 Å². The van der Waals surface area contributed by atoms with E-state index in [1.165, 1.54) is 6.07 Å². The lowest BCUT2D eigenvalue weighted by atomic mass is 9.92. The number of amides is 1. The van der Waals surface area contributed by atoms with Crippen molar-refractivity contribution in [3.63, 3.8) is 0 Å². The Morgan fingerprint density at radius 1 is 1.47 bits per heavy atom. The SMILES string of the molecule is CC(C)(CN[C@H]1CCc2c(F)cc(F)cc21)C(N)=O. The van der Waals surface area contributed by atoms with Crippen molar-refractivity contribution in [2.45, 2.75) is 32.7 Å². The zero-order valence-electron chi connectivity index (χ0n) is 11.1. The average molecular weight is 268 g/mol. The van der Waals surface area contributed by atoms with E-state index in [1.807, 2.05) is 0 Å². The molecule has 1 amide bonds. The highest BCUT2D eigenvalue weighted by Gasteiger charge is 2.30. The van der Waals surface area contributed by atoms with Gasteiger partial charge in [-0.2, -0.15) is 0 Å². The van der Waals surface area contributed by atoms with Crippen LogP contribution in [-0.4, -0.2) is 12.5 Å². The van der Waals surface area contributed by atoms with Gasteiger partial charge in [-0.3, -0.25) is 4.79 Å². The fourth-order valence-corrected chi connectivity index (χ4v) is 2.32. The van der Waals surface area contributed by atoms with Crippen LogP contribution in [0.3, 0.4) is 0 Å². The lowest BCUT2D eigenvalue weighted by molar-refractivity contribution is -0.125. The maximum Gasteiger partial charge on any atom is 0.224 e. The van der Waals surface area contributed by atoms with Gasteiger partial charge in [-0.1, -0.05) is 0 Å². The molecule has 0 saturated heterocycles. The van der Waals surface area contributed by atoms with Crippen LogP contribution in [0.25, 0.3) is 0 Å². The van der Waals surface area contributed by atoms with Crippen LogP contribution in [0.1, 0.15) is 37.4 Å². The van der Waals surface area contributed by atoms with E-state index in [-0.39, 0.29) is 6.04 Å². The molecule has 3 N–H and O–H groups in total. The van der Waals surface area contributed by atoms with E-state index < -0.39 is 23.0 Å². The predicted octanol–water partition coefficient (Wildman–Crippen LogP) is 2.05. The lowest BCUT2D eigenvalue weighted by Crippen LogP contribution is -2.41. The summed E-state index contributed by atoms with van der Waals surface area (Å²) >= 11 is 0. The minimum absolute atomic E-state index is 0.126. The minimum Gasteiger partial charge on any atom is -0.369 e. The second-order valence-electron chi connectivity index (χ2n) is 5.68. The molecule has 1 aromatic rings. The molecule has 1 atom stereocenters. The van der Waals surface area contributed by atoms with E-state index in [0.717, 1.165) is 6.07 Å². The summed E-state index contributed by atoms with van der Waals surface area (Å²) in [6, 6.07) is 2.15. The summed E-state index contributed by atoms with van der Waals surface area (Å²) < 4.78 is 26.8. The first-order chi connectivity index (χ1) is 8.81. The number of benzene rings is 1. The summed E-state index contributed by atoms with van der Waals surface area (Å²) in [5.74, 6) is -1.46. The first-order valence-corrected chi connectivity index (χ1v) is 6.32. The minimum atomic E-state index is -0.686. The van der Waals surface area contributed by atoms with Gasteiger partial charge in [0.1, 0.15) is 11.6 Å². The molecule has 0 fully saturated rings. The van der Waals surface area contributed by atoms with E-state index in [4.69, 9.17) is 5.73 Å². The highest BCUT2D eigenvalue weighted by atomic mass is 19.1. The van der Waals surface area contributed by atoms with Gasteiger partial charge in [-0.25, -0.2) is 8.78 Å². The Labute approximate surface area is 111 Å². The van der Waals surface area contributed by atoms with E-state index in [1.54, 1.807) is 13.8 Å². The highest BCUT2D eigenvalue weighted by Crippen LogP contribution is 2.34. The molecule has 0 aromatic heterocycles. The molecule has 0 bridgehead atoms. The normalized spacial score (nSPS) is 18.4. The molecule has 2 rings (SSSR count). The molecule has 0 unspecified atom stereocenters. The number of fused-ring (bicyclic) bond motifs is 1. The second-order valence-corrected chi connectivity index (χ2v) is 5.68. The summed E-state index contributed by atoms with van der Waals surface area (Å²) in [6.45, 7) is 3.86. The number of carbonyl (C=O) groups is 1. The zero-order valence-corrected chi connectivity index (χ0v) is 11.1. The Hall–Kier alpha value is -1.49. The molecule has 0 heterocycles. The third kappa shape index (κ3) is 2.76. The van der Waals surface area contributed by atoms with Crippen molar-refractivity contribution < 1.29 is 13.6 Å². The predicted molar refractivity (Wildman–Crippen MR) is 68.4 cm³/mol. The summed E-state index contributed by atoms with van der Waals surface area (Å²) in [7, 11) is 0. The summed E-state index contributed by atoms with van der Waals surface area (Å²) in [6.07, 6.45) is 1.28. The summed E-state index contributed by atoms with van der Waals surface area (Å²) in [5.41, 5.74) is 5.83. The van der Waals surface area contributed by atoms with Crippen LogP contribution in [0.4, 0.5) is 8.78 Å². The van der Waals surface area contributed by atoms with Crippen molar-refractivity contribution in [3.8, 4) is 0 Å². The Bertz CT molecular complexity index is 514. The third-order valence-corrected chi connectivity index (χ3v) is 3.71. The molecular weight excluding hydrogens is 250 g/mol. The molecule has 0 saturated carbocycles. The first-order valence-electron chi connectivity index (χ1n) is 6.32. The summed E-state index contributed by atoms with van der Waals surface area (Å²) in [4.78, 5) is 11.2. The molecule has 3 nitrogen and oxygen atoms in total. The van der Waals surface area contributed by atoms with E-state index in [9.17, 15) is 13.6 Å². The van der Waals surface area contributed by atoms with Gasteiger partial charge >= 0.3 is 0 Å². The van der Waals surface area contributed by atoms with Crippen molar-refractivity contribution in [2.75, 3.05) is 6.54 Å². The van der Waals surface area contributed by atoms with E-state index in [0.29, 0.717) is 30.5 Å². The number of nitrogens with one attached hydrogen (secondary N) is 1. The Kier molecular flexibility index (Phi) is 3.58. The molecule has 19 heavy (non-hydrogen) atoms. The lowest BCUT2D eigenvalue weighted by Gasteiger charge is -2.24. The summed E-state index contributed by atoms with van der Waals surface area (Å²) in [5, 5.41) is 3.18. The van der Waals surface area contributed by atoms with Gasteiger partial charge in [-0.05, 0) is 43.9 Å². The van der Waals surface area contributed by atoms with Gasteiger partial charge in [0.25, 0.3) is 0 Å². The van der Waals surface area contributed by atoms with Crippen LogP contribution in [-0.2, 0) is 11.2 Å². The number of nitrogens with two attached hydrogens (primary N) is 1. The quantitative estimate of drug-likeness (QED) is 0.878. The van der Waals surface area contributed by atoms with Crippen molar-refractivity contribution >= 4 is 5.91 Å². The van der Waals surface area contributed by atoms with E-state index >= 15 is 0 Å². The maximum atomic E-state index is 13.6. The maximum absolute atomic E-state index is 13.6. The monoisotopic (exact) mass is 268 g/mol. The Morgan fingerprint density at radius 3 is 2.79 bits per heavy atom. The number of carbonyl (C=O) groups excluding carboxylic acids is 1. The third-order valence-electron chi connectivity index (χ3n) is 3.71. The van der Waals surface area contributed by atoms with Gasteiger partial charge in [0.15, 0.2) is 0 Å². The van der Waals surface area contributed by atoms with Crippen LogP contribution in [0.2, 0.25) is 0 Å². The number of rotatable bonds is 4. The zero-order chi connectivity index (χ0) is 14.2. The number of hydrogen-bond acceptors (Lipinski definition) is 2. The Balaban J connectivity index is 2.13. The van der Waals surface area contributed by atoms with Gasteiger partial charge in [0.05, 0.1) is 5.41 Å². The number of hydrogen-bond donors (Lipinski definition) is 2. The molecule has 0 aliphatic heterocycles. The van der Waals surface area contributed by atoms with Crippen molar-refractivity contribution in [2.24, 2.45) is 11.1 Å². The first kappa shape index (κ1) is 13.9. The molecule has 1 aliphatic rings. The molecule has 0 radical (unpaired) electrons. The van der Waals surface area contributed by atoms with Crippen LogP contribution in [0, 0.1) is 17.0 Å².